The fraction of sp³-hybridized carbons (Fsp3) is 0.800. The molecule has 0 aromatic heterocycles. The van der Waals surface area contributed by atoms with Gasteiger partial charge in [0.1, 0.15) is 6.10 Å². The molecule has 0 N–H and O–H groups in total. The molecule has 3 atom stereocenters. The van der Waals surface area contributed by atoms with Crippen molar-refractivity contribution in [3.8, 4) is 0 Å². The van der Waals surface area contributed by atoms with Crippen LogP contribution < -0.4 is 0 Å². The van der Waals surface area contributed by atoms with E-state index in [1.165, 1.54) is 0 Å². The van der Waals surface area contributed by atoms with Crippen molar-refractivity contribution in [3.05, 3.63) is 12.3 Å². The van der Waals surface area contributed by atoms with Crippen LogP contribution in [0.1, 0.15) is 27.7 Å². The minimum absolute atomic E-state index is 0.412. The largest absolute Gasteiger partial charge is 0.497 e. The van der Waals surface area contributed by atoms with Gasteiger partial charge in [-0.15, -0.1) is 0 Å². The molecule has 11 heavy (non-hydrogen) atoms. The van der Waals surface area contributed by atoms with Crippen LogP contribution in [0.3, 0.4) is 0 Å². The molecule has 0 radical (unpaired) electrons. The van der Waals surface area contributed by atoms with Gasteiger partial charge in [0.25, 0.3) is 0 Å². The fourth-order valence-electron chi connectivity index (χ4n) is 1.48. The first-order valence-electron chi connectivity index (χ1n) is 4.45. The SMILES string of the molecule is CC(C)[C@@H](C)[C@@H]1OC=C[C@H]1C. The molecule has 1 heterocycles. The molecule has 0 saturated heterocycles. The Hall–Kier alpha value is -0.460. The highest BCUT2D eigenvalue weighted by Gasteiger charge is 2.28. The van der Waals surface area contributed by atoms with E-state index in [4.69, 9.17) is 4.74 Å². The Balaban J connectivity index is 2.48. The zero-order chi connectivity index (χ0) is 8.43. The number of ether oxygens (including phenoxy) is 1. The second kappa shape index (κ2) is 3.29. The van der Waals surface area contributed by atoms with E-state index in [0.717, 1.165) is 0 Å². The Kier molecular flexibility index (Phi) is 2.58. The summed E-state index contributed by atoms with van der Waals surface area (Å²) >= 11 is 0. The van der Waals surface area contributed by atoms with Gasteiger partial charge in [-0.05, 0) is 17.9 Å². The molecule has 0 amide bonds. The Bertz CT molecular complexity index is 149. The third-order valence-corrected chi connectivity index (χ3v) is 2.71. The van der Waals surface area contributed by atoms with Gasteiger partial charge < -0.3 is 4.74 Å². The molecule has 0 aromatic rings. The summed E-state index contributed by atoms with van der Waals surface area (Å²) < 4.78 is 5.51. The minimum atomic E-state index is 0.412. The summed E-state index contributed by atoms with van der Waals surface area (Å²) in [5.74, 6) is 1.95. The van der Waals surface area contributed by atoms with Gasteiger partial charge in [-0.3, -0.25) is 0 Å². The first kappa shape index (κ1) is 8.63. The van der Waals surface area contributed by atoms with Crippen LogP contribution in [0.4, 0.5) is 0 Å². The third-order valence-electron chi connectivity index (χ3n) is 2.71. The van der Waals surface area contributed by atoms with Crippen LogP contribution in [-0.2, 0) is 4.74 Å². The van der Waals surface area contributed by atoms with E-state index in [-0.39, 0.29) is 0 Å². The van der Waals surface area contributed by atoms with E-state index in [1.807, 2.05) is 6.26 Å². The quantitative estimate of drug-likeness (QED) is 0.594. The van der Waals surface area contributed by atoms with Crippen LogP contribution in [0.5, 0.6) is 0 Å². The van der Waals surface area contributed by atoms with Crippen LogP contribution >= 0.6 is 0 Å². The van der Waals surface area contributed by atoms with Crippen molar-refractivity contribution in [1.29, 1.82) is 0 Å². The molecular weight excluding hydrogens is 136 g/mol. The lowest BCUT2D eigenvalue weighted by molar-refractivity contribution is 0.0668. The molecule has 0 aliphatic carbocycles. The molecule has 1 aliphatic heterocycles. The van der Waals surface area contributed by atoms with E-state index < -0.39 is 0 Å². The molecule has 0 bridgehead atoms. The summed E-state index contributed by atoms with van der Waals surface area (Å²) in [4.78, 5) is 0. The maximum Gasteiger partial charge on any atom is 0.107 e. The predicted octanol–water partition coefficient (Wildman–Crippen LogP) is 2.83. The van der Waals surface area contributed by atoms with Crippen molar-refractivity contribution in [1.82, 2.24) is 0 Å². The van der Waals surface area contributed by atoms with Gasteiger partial charge in [0.05, 0.1) is 6.26 Å². The van der Waals surface area contributed by atoms with Crippen molar-refractivity contribution in [2.75, 3.05) is 0 Å². The maximum atomic E-state index is 5.51. The Morgan fingerprint density at radius 1 is 1.27 bits per heavy atom. The Morgan fingerprint density at radius 3 is 2.27 bits per heavy atom. The molecule has 1 nitrogen and oxygen atoms in total. The van der Waals surface area contributed by atoms with E-state index in [9.17, 15) is 0 Å². The minimum Gasteiger partial charge on any atom is -0.497 e. The molecule has 0 fully saturated rings. The average Bonchev–Trinajstić information content (AvgIpc) is 2.33. The summed E-state index contributed by atoms with van der Waals surface area (Å²) in [6, 6.07) is 0. The van der Waals surface area contributed by atoms with Crippen molar-refractivity contribution in [3.63, 3.8) is 0 Å². The van der Waals surface area contributed by atoms with Gasteiger partial charge in [-0.2, -0.15) is 0 Å². The highest BCUT2D eigenvalue weighted by molar-refractivity contribution is 4.95. The summed E-state index contributed by atoms with van der Waals surface area (Å²) in [7, 11) is 0. The summed E-state index contributed by atoms with van der Waals surface area (Å²) in [6.45, 7) is 8.98. The van der Waals surface area contributed by atoms with E-state index >= 15 is 0 Å². The molecule has 64 valence electrons. The van der Waals surface area contributed by atoms with E-state index in [2.05, 4.69) is 33.8 Å². The van der Waals surface area contributed by atoms with Crippen LogP contribution in [0.15, 0.2) is 12.3 Å². The van der Waals surface area contributed by atoms with Crippen molar-refractivity contribution < 1.29 is 4.74 Å². The highest BCUT2D eigenvalue weighted by Crippen LogP contribution is 2.28. The van der Waals surface area contributed by atoms with Crippen molar-refractivity contribution in [2.45, 2.75) is 33.8 Å². The normalized spacial score (nSPS) is 32.5. The second-order valence-corrected chi connectivity index (χ2v) is 3.89. The van der Waals surface area contributed by atoms with E-state index in [1.54, 1.807) is 0 Å². The lowest BCUT2D eigenvalue weighted by Crippen LogP contribution is -2.26. The molecular formula is C10H18O. The molecule has 1 rings (SSSR count). The van der Waals surface area contributed by atoms with Crippen LogP contribution in [-0.4, -0.2) is 6.10 Å². The van der Waals surface area contributed by atoms with Crippen molar-refractivity contribution >= 4 is 0 Å². The summed E-state index contributed by atoms with van der Waals surface area (Å²) in [5, 5.41) is 0. The van der Waals surface area contributed by atoms with Gasteiger partial charge in [0.2, 0.25) is 0 Å². The molecule has 0 unspecified atom stereocenters. The lowest BCUT2D eigenvalue weighted by atomic mass is 9.86. The third kappa shape index (κ3) is 1.76. The van der Waals surface area contributed by atoms with Crippen LogP contribution in [0.2, 0.25) is 0 Å². The molecule has 0 spiro atoms. The first-order chi connectivity index (χ1) is 5.13. The predicted molar refractivity (Wildman–Crippen MR) is 47.2 cm³/mol. The maximum absolute atomic E-state index is 5.51. The molecule has 1 aliphatic rings. The monoisotopic (exact) mass is 154 g/mol. The van der Waals surface area contributed by atoms with E-state index in [0.29, 0.717) is 23.9 Å². The standard InChI is InChI=1S/C10H18O/c1-7(2)9(4)10-8(3)5-6-11-10/h5-10H,1-4H3/t8-,9-,10-/m1/s1. The highest BCUT2D eigenvalue weighted by atomic mass is 16.5. The Labute approximate surface area is 69.4 Å². The average molecular weight is 154 g/mol. The van der Waals surface area contributed by atoms with Crippen LogP contribution in [0.25, 0.3) is 0 Å². The number of rotatable bonds is 2. The molecule has 0 saturated carbocycles. The van der Waals surface area contributed by atoms with Crippen molar-refractivity contribution in [2.24, 2.45) is 17.8 Å². The topological polar surface area (TPSA) is 9.23 Å². The number of hydrogen-bond acceptors (Lipinski definition) is 1. The molecule has 1 heteroatoms. The molecule has 0 aromatic carbocycles. The van der Waals surface area contributed by atoms with Crippen LogP contribution in [0, 0.1) is 17.8 Å². The van der Waals surface area contributed by atoms with Gasteiger partial charge >= 0.3 is 0 Å². The fourth-order valence-corrected chi connectivity index (χ4v) is 1.48. The van der Waals surface area contributed by atoms with Gasteiger partial charge in [-0.1, -0.05) is 27.7 Å². The zero-order valence-corrected chi connectivity index (χ0v) is 7.87. The number of hydrogen-bond donors (Lipinski definition) is 0. The Morgan fingerprint density at radius 2 is 1.91 bits per heavy atom. The van der Waals surface area contributed by atoms with Gasteiger partial charge in [0, 0.05) is 5.92 Å². The second-order valence-electron chi connectivity index (χ2n) is 3.89. The zero-order valence-electron chi connectivity index (χ0n) is 7.87. The first-order valence-corrected chi connectivity index (χ1v) is 4.45. The smallest absolute Gasteiger partial charge is 0.107 e. The van der Waals surface area contributed by atoms with Gasteiger partial charge in [0.15, 0.2) is 0 Å². The summed E-state index contributed by atoms with van der Waals surface area (Å²) in [5.41, 5.74) is 0. The lowest BCUT2D eigenvalue weighted by Gasteiger charge is -2.25. The van der Waals surface area contributed by atoms with Gasteiger partial charge in [-0.25, -0.2) is 0 Å². The summed E-state index contributed by atoms with van der Waals surface area (Å²) in [6.07, 6.45) is 4.40.